The van der Waals surface area contributed by atoms with Gasteiger partial charge in [-0.25, -0.2) is 0 Å². The average Bonchev–Trinajstić information content (AvgIpc) is 2.96. The van der Waals surface area contributed by atoms with Crippen LogP contribution in [-0.4, -0.2) is 26.4 Å². The molecule has 6 heteroatoms. The van der Waals surface area contributed by atoms with Crippen molar-refractivity contribution in [2.45, 2.75) is 71.8 Å². The van der Waals surface area contributed by atoms with Gasteiger partial charge >= 0.3 is 0 Å². The van der Waals surface area contributed by atoms with Crippen molar-refractivity contribution in [1.82, 2.24) is 20.1 Å². The minimum Gasteiger partial charge on any atom is -0.362 e. The van der Waals surface area contributed by atoms with Crippen LogP contribution < -0.4 is 10.6 Å². The molecule has 28 heavy (non-hydrogen) atoms. The zero-order valence-electron chi connectivity index (χ0n) is 17.2. The van der Waals surface area contributed by atoms with E-state index < -0.39 is 0 Å². The van der Waals surface area contributed by atoms with E-state index in [1.54, 1.807) is 0 Å². The Morgan fingerprint density at radius 1 is 1.21 bits per heavy atom. The number of nitrogens with zero attached hydrogens (tertiary/aromatic N) is 3. The van der Waals surface area contributed by atoms with Gasteiger partial charge < -0.3 is 15.2 Å². The first kappa shape index (κ1) is 20.8. The van der Waals surface area contributed by atoms with Gasteiger partial charge in [0.2, 0.25) is 0 Å². The van der Waals surface area contributed by atoms with E-state index in [1.807, 2.05) is 6.07 Å². The minimum absolute atomic E-state index is 0.678. The summed E-state index contributed by atoms with van der Waals surface area (Å²) in [4.78, 5) is 0. The Balaban J connectivity index is 1.62. The second kappa shape index (κ2) is 10.6. The summed E-state index contributed by atoms with van der Waals surface area (Å²) in [6, 6.07) is 8.31. The van der Waals surface area contributed by atoms with Crippen LogP contribution in [0.25, 0.3) is 11.4 Å². The molecule has 0 saturated carbocycles. The topological polar surface area (TPSA) is 54.8 Å². The van der Waals surface area contributed by atoms with Gasteiger partial charge in [0.25, 0.3) is 0 Å². The largest absolute Gasteiger partial charge is 0.362 e. The number of rotatable bonds is 8. The summed E-state index contributed by atoms with van der Waals surface area (Å²) < 4.78 is 2.28. The fourth-order valence-corrected chi connectivity index (χ4v) is 3.99. The molecule has 2 aromatic rings. The smallest absolute Gasteiger partial charge is 0.170 e. The number of unbranched alkanes of at least 4 members (excludes halogenated alkanes) is 1. The second-order valence-corrected chi connectivity index (χ2v) is 8.14. The molecule has 0 amide bonds. The SMILES string of the molecule is CCCC[C@H](CC)CNC(=S)Nc1cccc(-c2nnc3n2CCCCC3)c1. The fraction of sp³-hybridized carbons (Fsp3) is 0.591. The molecule has 1 aliphatic rings. The third kappa shape index (κ3) is 5.53. The van der Waals surface area contributed by atoms with Crippen LogP contribution in [0.1, 0.15) is 64.6 Å². The Hall–Kier alpha value is -1.95. The van der Waals surface area contributed by atoms with Gasteiger partial charge in [0, 0.05) is 30.8 Å². The second-order valence-electron chi connectivity index (χ2n) is 7.73. The van der Waals surface area contributed by atoms with Gasteiger partial charge in [0.1, 0.15) is 5.82 Å². The number of aryl methyl sites for hydroxylation is 1. The van der Waals surface area contributed by atoms with Crippen LogP contribution in [0.3, 0.4) is 0 Å². The van der Waals surface area contributed by atoms with Gasteiger partial charge in [-0.3, -0.25) is 0 Å². The summed E-state index contributed by atoms with van der Waals surface area (Å²) in [5, 5.41) is 16.3. The lowest BCUT2D eigenvalue weighted by molar-refractivity contribution is 0.446. The average molecular weight is 400 g/mol. The van der Waals surface area contributed by atoms with E-state index in [0.717, 1.165) is 42.4 Å². The normalized spacial score (nSPS) is 14.8. The zero-order valence-corrected chi connectivity index (χ0v) is 18.0. The maximum absolute atomic E-state index is 5.52. The van der Waals surface area contributed by atoms with E-state index in [4.69, 9.17) is 12.2 Å². The molecular formula is C22H33N5S. The zero-order chi connectivity index (χ0) is 19.8. The molecule has 0 aliphatic carbocycles. The van der Waals surface area contributed by atoms with Gasteiger partial charge in [0.05, 0.1) is 0 Å². The van der Waals surface area contributed by atoms with Crippen molar-refractivity contribution >= 4 is 23.0 Å². The van der Waals surface area contributed by atoms with Crippen molar-refractivity contribution in [2.24, 2.45) is 5.92 Å². The maximum atomic E-state index is 5.52. The van der Waals surface area contributed by atoms with Crippen LogP contribution in [0, 0.1) is 5.92 Å². The lowest BCUT2D eigenvalue weighted by Gasteiger charge is -2.17. The predicted octanol–water partition coefficient (Wildman–Crippen LogP) is 5.17. The van der Waals surface area contributed by atoms with Crippen molar-refractivity contribution in [2.75, 3.05) is 11.9 Å². The molecule has 2 N–H and O–H groups in total. The van der Waals surface area contributed by atoms with Crippen molar-refractivity contribution in [3.05, 3.63) is 30.1 Å². The number of hydrogen-bond donors (Lipinski definition) is 2. The first-order chi connectivity index (χ1) is 13.7. The third-order valence-electron chi connectivity index (χ3n) is 5.58. The highest BCUT2D eigenvalue weighted by molar-refractivity contribution is 7.80. The van der Waals surface area contributed by atoms with Gasteiger partial charge in [0.15, 0.2) is 10.9 Å². The Bertz CT molecular complexity index is 770. The number of benzene rings is 1. The molecule has 0 fully saturated rings. The number of aromatic nitrogens is 3. The molecule has 1 aliphatic heterocycles. The number of nitrogens with one attached hydrogen (secondary N) is 2. The molecule has 0 spiro atoms. The summed E-state index contributed by atoms with van der Waals surface area (Å²) in [5.74, 6) is 2.75. The third-order valence-corrected chi connectivity index (χ3v) is 5.83. The van der Waals surface area contributed by atoms with E-state index in [9.17, 15) is 0 Å². The predicted molar refractivity (Wildman–Crippen MR) is 121 cm³/mol. The molecule has 0 radical (unpaired) electrons. The molecule has 0 bridgehead atoms. The van der Waals surface area contributed by atoms with Crippen molar-refractivity contribution in [1.29, 1.82) is 0 Å². The molecule has 5 nitrogen and oxygen atoms in total. The first-order valence-electron chi connectivity index (χ1n) is 10.8. The van der Waals surface area contributed by atoms with Crippen molar-refractivity contribution in [3.63, 3.8) is 0 Å². The highest BCUT2D eigenvalue weighted by Gasteiger charge is 2.16. The Morgan fingerprint density at radius 2 is 2.11 bits per heavy atom. The number of hydrogen-bond acceptors (Lipinski definition) is 3. The van der Waals surface area contributed by atoms with E-state index in [2.05, 4.69) is 57.4 Å². The summed E-state index contributed by atoms with van der Waals surface area (Å²) in [6.07, 6.45) is 9.66. The molecule has 3 rings (SSSR count). The summed E-state index contributed by atoms with van der Waals surface area (Å²) in [7, 11) is 0. The van der Waals surface area contributed by atoms with Gasteiger partial charge in [-0.15, -0.1) is 10.2 Å². The van der Waals surface area contributed by atoms with Crippen LogP contribution in [0.15, 0.2) is 24.3 Å². The molecule has 1 aromatic heterocycles. The van der Waals surface area contributed by atoms with Gasteiger partial charge in [-0.1, -0.05) is 51.7 Å². The first-order valence-corrected chi connectivity index (χ1v) is 11.2. The molecule has 152 valence electrons. The van der Waals surface area contributed by atoms with Crippen LogP contribution in [0.4, 0.5) is 5.69 Å². The van der Waals surface area contributed by atoms with Crippen LogP contribution in [0.5, 0.6) is 0 Å². The number of anilines is 1. The van der Waals surface area contributed by atoms with Crippen LogP contribution >= 0.6 is 12.2 Å². The van der Waals surface area contributed by atoms with Crippen LogP contribution in [-0.2, 0) is 13.0 Å². The lowest BCUT2D eigenvalue weighted by atomic mass is 9.99. The number of thiocarbonyl (C=S) groups is 1. The van der Waals surface area contributed by atoms with E-state index in [1.165, 1.54) is 44.9 Å². The molecule has 1 aromatic carbocycles. The Morgan fingerprint density at radius 3 is 2.93 bits per heavy atom. The van der Waals surface area contributed by atoms with E-state index >= 15 is 0 Å². The Kier molecular flexibility index (Phi) is 7.83. The monoisotopic (exact) mass is 399 g/mol. The standard InChI is InChI=1S/C22H33N5S/c1-3-5-10-17(4-2)16-23-22(28)24-19-12-9-11-18(15-19)21-26-25-20-13-7-6-8-14-27(20)21/h9,11-12,15,17H,3-8,10,13-14,16H2,1-2H3,(H2,23,24,28)/t17-/m0/s1. The lowest BCUT2D eigenvalue weighted by Crippen LogP contribution is -2.32. The fourth-order valence-electron chi connectivity index (χ4n) is 3.79. The summed E-state index contributed by atoms with van der Waals surface area (Å²) in [6.45, 7) is 6.43. The van der Waals surface area contributed by atoms with E-state index in [-0.39, 0.29) is 0 Å². The van der Waals surface area contributed by atoms with Gasteiger partial charge in [-0.2, -0.15) is 0 Å². The molecule has 1 atom stereocenters. The van der Waals surface area contributed by atoms with Crippen LogP contribution in [0.2, 0.25) is 0 Å². The van der Waals surface area contributed by atoms with E-state index in [0.29, 0.717) is 11.0 Å². The molecular weight excluding hydrogens is 366 g/mol. The highest BCUT2D eigenvalue weighted by Crippen LogP contribution is 2.24. The quantitative estimate of drug-likeness (QED) is 0.600. The molecule has 2 heterocycles. The summed E-state index contributed by atoms with van der Waals surface area (Å²) in [5.41, 5.74) is 2.07. The van der Waals surface area contributed by atoms with Gasteiger partial charge in [-0.05, 0) is 49.5 Å². The maximum Gasteiger partial charge on any atom is 0.170 e. The molecule has 0 unspecified atom stereocenters. The minimum atomic E-state index is 0.678. The van der Waals surface area contributed by atoms with Crippen molar-refractivity contribution in [3.8, 4) is 11.4 Å². The Labute approximate surface area is 174 Å². The highest BCUT2D eigenvalue weighted by atomic mass is 32.1. The van der Waals surface area contributed by atoms with Crippen molar-refractivity contribution < 1.29 is 0 Å². The molecule has 0 saturated heterocycles. The summed E-state index contributed by atoms with van der Waals surface area (Å²) >= 11 is 5.52. The number of fused-ring (bicyclic) bond motifs is 1.